The molecule has 1 aromatic rings. The Morgan fingerprint density at radius 1 is 1.24 bits per heavy atom. The Labute approximate surface area is 121 Å². The first-order valence-corrected chi connectivity index (χ1v) is 8.21. The summed E-state index contributed by atoms with van der Waals surface area (Å²) in [7, 11) is 2.23. The SMILES string of the molecule is CN(c1ccc(CBr)c(Br)c1)C1CCCCC1. The molecule has 94 valence electrons. The summed E-state index contributed by atoms with van der Waals surface area (Å²) in [6.07, 6.45) is 6.87. The van der Waals surface area contributed by atoms with Crippen molar-refractivity contribution in [3.05, 3.63) is 28.2 Å². The largest absolute Gasteiger partial charge is 0.372 e. The molecule has 0 heterocycles. The fourth-order valence-electron chi connectivity index (χ4n) is 2.54. The Bertz CT molecular complexity index is 372. The van der Waals surface area contributed by atoms with Gasteiger partial charge in [0.2, 0.25) is 0 Å². The van der Waals surface area contributed by atoms with E-state index in [0.29, 0.717) is 0 Å². The van der Waals surface area contributed by atoms with Crippen LogP contribution < -0.4 is 4.90 Å². The van der Waals surface area contributed by atoms with Gasteiger partial charge in [0.05, 0.1) is 0 Å². The topological polar surface area (TPSA) is 3.24 Å². The van der Waals surface area contributed by atoms with E-state index in [9.17, 15) is 0 Å². The number of rotatable bonds is 3. The third-order valence-electron chi connectivity index (χ3n) is 3.71. The number of hydrogen-bond donors (Lipinski definition) is 0. The van der Waals surface area contributed by atoms with E-state index in [1.807, 2.05) is 0 Å². The quantitative estimate of drug-likeness (QED) is 0.676. The number of alkyl halides is 1. The van der Waals surface area contributed by atoms with Gasteiger partial charge in [-0.05, 0) is 30.5 Å². The molecule has 0 saturated heterocycles. The highest BCUT2D eigenvalue weighted by Gasteiger charge is 2.18. The second-order valence-electron chi connectivity index (χ2n) is 4.81. The van der Waals surface area contributed by atoms with Gasteiger partial charge in [0.1, 0.15) is 0 Å². The van der Waals surface area contributed by atoms with Crippen molar-refractivity contribution in [1.82, 2.24) is 0 Å². The highest BCUT2D eigenvalue weighted by atomic mass is 79.9. The van der Waals surface area contributed by atoms with E-state index in [-0.39, 0.29) is 0 Å². The van der Waals surface area contributed by atoms with E-state index in [2.05, 4.69) is 62.0 Å². The lowest BCUT2D eigenvalue weighted by atomic mass is 9.94. The normalized spacial score (nSPS) is 17.1. The Morgan fingerprint density at radius 3 is 2.53 bits per heavy atom. The molecule has 0 atom stereocenters. The van der Waals surface area contributed by atoms with Crippen LogP contribution in [0.15, 0.2) is 22.7 Å². The van der Waals surface area contributed by atoms with Crippen molar-refractivity contribution in [3.63, 3.8) is 0 Å². The van der Waals surface area contributed by atoms with Gasteiger partial charge in [0, 0.05) is 28.6 Å². The third-order valence-corrected chi connectivity index (χ3v) is 5.05. The van der Waals surface area contributed by atoms with Gasteiger partial charge in [-0.15, -0.1) is 0 Å². The molecule has 1 nitrogen and oxygen atoms in total. The van der Waals surface area contributed by atoms with Crippen LogP contribution in [0.3, 0.4) is 0 Å². The van der Waals surface area contributed by atoms with Gasteiger partial charge < -0.3 is 4.90 Å². The first-order valence-electron chi connectivity index (χ1n) is 6.29. The lowest BCUT2D eigenvalue weighted by Crippen LogP contribution is -2.33. The Balaban J connectivity index is 2.12. The summed E-state index contributed by atoms with van der Waals surface area (Å²) in [6, 6.07) is 7.40. The molecule has 1 fully saturated rings. The zero-order valence-electron chi connectivity index (χ0n) is 10.3. The van der Waals surface area contributed by atoms with Gasteiger partial charge in [-0.25, -0.2) is 0 Å². The predicted octanol–water partition coefficient (Wildman–Crippen LogP) is 5.11. The molecule has 2 rings (SSSR count). The summed E-state index contributed by atoms with van der Waals surface area (Å²) in [6.45, 7) is 0. The zero-order valence-corrected chi connectivity index (χ0v) is 13.4. The molecule has 1 saturated carbocycles. The first kappa shape index (κ1) is 13.4. The standard InChI is InChI=1S/C14H19Br2N/c1-17(12-5-3-2-4-6-12)13-8-7-11(10-15)14(16)9-13/h7-9,12H,2-6,10H2,1H3. The maximum Gasteiger partial charge on any atom is 0.0377 e. The van der Waals surface area contributed by atoms with Crippen LogP contribution in [-0.2, 0) is 5.33 Å². The van der Waals surface area contributed by atoms with Crippen molar-refractivity contribution in [2.45, 2.75) is 43.5 Å². The van der Waals surface area contributed by atoms with E-state index in [4.69, 9.17) is 0 Å². The summed E-state index contributed by atoms with van der Waals surface area (Å²) >= 11 is 7.15. The van der Waals surface area contributed by atoms with Gasteiger partial charge in [-0.2, -0.15) is 0 Å². The van der Waals surface area contributed by atoms with Gasteiger partial charge in [-0.3, -0.25) is 0 Å². The van der Waals surface area contributed by atoms with E-state index < -0.39 is 0 Å². The molecule has 0 bridgehead atoms. The highest BCUT2D eigenvalue weighted by molar-refractivity contribution is 9.10. The average Bonchev–Trinajstić information content (AvgIpc) is 2.39. The second kappa shape index (κ2) is 6.24. The monoisotopic (exact) mass is 359 g/mol. The summed E-state index contributed by atoms with van der Waals surface area (Å²) in [5.41, 5.74) is 2.64. The fraction of sp³-hybridized carbons (Fsp3) is 0.571. The predicted molar refractivity (Wildman–Crippen MR) is 82.0 cm³/mol. The first-order chi connectivity index (χ1) is 8.22. The number of nitrogens with zero attached hydrogens (tertiary/aromatic N) is 1. The minimum atomic E-state index is 0.727. The van der Waals surface area contributed by atoms with Crippen LogP contribution in [0.1, 0.15) is 37.7 Å². The van der Waals surface area contributed by atoms with Crippen LogP contribution in [-0.4, -0.2) is 13.1 Å². The van der Waals surface area contributed by atoms with Crippen molar-refractivity contribution in [2.24, 2.45) is 0 Å². The van der Waals surface area contributed by atoms with E-state index >= 15 is 0 Å². The van der Waals surface area contributed by atoms with Crippen LogP contribution >= 0.6 is 31.9 Å². The maximum absolute atomic E-state index is 3.64. The highest BCUT2D eigenvalue weighted by Crippen LogP contribution is 2.29. The molecular formula is C14H19Br2N. The number of anilines is 1. The Hall–Kier alpha value is -0.0200. The smallest absolute Gasteiger partial charge is 0.0377 e. The minimum absolute atomic E-state index is 0.727. The van der Waals surface area contributed by atoms with Crippen molar-refractivity contribution in [2.75, 3.05) is 11.9 Å². The van der Waals surface area contributed by atoms with Gasteiger partial charge in [0.25, 0.3) is 0 Å². The van der Waals surface area contributed by atoms with Crippen molar-refractivity contribution in [1.29, 1.82) is 0 Å². The lowest BCUT2D eigenvalue weighted by Gasteiger charge is -2.33. The Kier molecular flexibility index (Phi) is 4.92. The number of hydrogen-bond acceptors (Lipinski definition) is 1. The summed E-state index contributed by atoms with van der Waals surface area (Å²) < 4.78 is 1.20. The molecule has 0 aromatic heterocycles. The van der Waals surface area contributed by atoms with Crippen molar-refractivity contribution in [3.8, 4) is 0 Å². The van der Waals surface area contributed by atoms with Crippen LogP contribution in [0.2, 0.25) is 0 Å². The molecular weight excluding hydrogens is 342 g/mol. The molecule has 17 heavy (non-hydrogen) atoms. The zero-order chi connectivity index (χ0) is 12.3. The Morgan fingerprint density at radius 2 is 1.94 bits per heavy atom. The lowest BCUT2D eigenvalue weighted by molar-refractivity contribution is 0.427. The van der Waals surface area contributed by atoms with Crippen LogP contribution in [0.5, 0.6) is 0 Å². The number of halogens is 2. The van der Waals surface area contributed by atoms with Crippen LogP contribution in [0.25, 0.3) is 0 Å². The maximum atomic E-state index is 3.64. The summed E-state index contributed by atoms with van der Waals surface area (Å²) in [5.74, 6) is 0. The summed E-state index contributed by atoms with van der Waals surface area (Å²) in [4.78, 5) is 2.45. The number of benzene rings is 1. The molecule has 0 aliphatic heterocycles. The second-order valence-corrected chi connectivity index (χ2v) is 6.23. The van der Waals surface area contributed by atoms with Crippen molar-refractivity contribution >= 4 is 37.5 Å². The van der Waals surface area contributed by atoms with E-state index in [1.165, 1.54) is 47.8 Å². The van der Waals surface area contributed by atoms with Crippen LogP contribution in [0, 0.1) is 0 Å². The van der Waals surface area contributed by atoms with Gasteiger partial charge in [0.15, 0.2) is 0 Å². The molecule has 1 aliphatic rings. The molecule has 0 radical (unpaired) electrons. The molecule has 0 N–H and O–H groups in total. The van der Waals surface area contributed by atoms with Crippen molar-refractivity contribution < 1.29 is 0 Å². The van der Waals surface area contributed by atoms with Gasteiger partial charge in [-0.1, -0.05) is 57.2 Å². The molecule has 1 aliphatic carbocycles. The van der Waals surface area contributed by atoms with Gasteiger partial charge >= 0.3 is 0 Å². The molecule has 0 unspecified atom stereocenters. The average molecular weight is 361 g/mol. The van der Waals surface area contributed by atoms with Crippen LogP contribution in [0.4, 0.5) is 5.69 Å². The third kappa shape index (κ3) is 3.25. The van der Waals surface area contributed by atoms with E-state index in [0.717, 1.165) is 11.4 Å². The minimum Gasteiger partial charge on any atom is -0.372 e. The fourth-order valence-corrected chi connectivity index (χ4v) is 3.92. The summed E-state index contributed by atoms with van der Waals surface area (Å²) in [5, 5.41) is 0.904. The molecule has 1 aromatic carbocycles. The molecule has 0 amide bonds. The van der Waals surface area contributed by atoms with E-state index in [1.54, 1.807) is 0 Å². The molecule has 3 heteroatoms. The molecule has 0 spiro atoms.